The Morgan fingerprint density at radius 1 is 0.950 bits per heavy atom. The van der Waals surface area contributed by atoms with E-state index in [2.05, 4.69) is 65.1 Å². The quantitative estimate of drug-likeness (QED) is 0.362. The summed E-state index contributed by atoms with van der Waals surface area (Å²) >= 11 is 6.64. The van der Waals surface area contributed by atoms with Crippen molar-refractivity contribution in [3.8, 4) is 28.4 Å². The molecule has 0 aliphatic carbocycles. The molecule has 2 fully saturated rings. The Bertz CT molecular complexity index is 1570. The number of imidazole rings is 1. The van der Waals surface area contributed by atoms with E-state index in [1.54, 1.807) is 0 Å². The Morgan fingerprint density at radius 2 is 1.62 bits per heavy atom. The van der Waals surface area contributed by atoms with Crippen molar-refractivity contribution in [2.45, 2.75) is 44.3 Å². The van der Waals surface area contributed by atoms with Crippen LogP contribution in [0.3, 0.4) is 0 Å². The first-order valence-electron chi connectivity index (χ1n) is 13.6. The van der Waals surface area contributed by atoms with Crippen molar-refractivity contribution < 1.29 is 19.3 Å². The van der Waals surface area contributed by atoms with Gasteiger partial charge in [0.15, 0.2) is 11.8 Å². The number of halogens is 1. The van der Waals surface area contributed by atoms with Gasteiger partial charge in [-0.2, -0.15) is 4.98 Å². The van der Waals surface area contributed by atoms with E-state index in [4.69, 9.17) is 35.8 Å². The van der Waals surface area contributed by atoms with Crippen molar-refractivity contribution >= 4 is 28.6 Å². The average Bonchev–Trinajstić information content (AvgIpc) is 3.75. The van der Waals surface area contributed by atoms with Crippen LogP contribution in [0.25, 0.3) is 33.5 Å². The predicted octanol–water partition coefficient (Wildman–Crippen LogP) is 4.32. The van der Waals surface area contributed by atoms with Gasteiger partial charge in [-0.25, -0.2) is 4.98 Å². The van der Waals surface area contributed by atoms with Gasteiger partial charge in [0.25, 0.3) is 6.01 Å². The molecule has 0 saturated carbocycles. The van der Waals surface area contributed by atoms with Crippen molar-refractivity contribution in [2.75, 3.05) is 26.3 Å². The molecule has 1 unspecified atom stereocenters. The molecule has 0 bridgehead atoms. The fraction of sp³-hybridized carbons (Fsp3) is 0.367. The third kappa shape index (κ3) is 4.53. The van der Waals surface area contributed by atoms with Crippen molar-refractivity contribution in [2.24, 2.45) is 4.99 Å². The normalized spacial score (nSPS) is 24.2. The number of H-pyrrole nitrogens is 1. The van der Waals surface area contributed by atoms with Gasteiger partial charge in [-0.15, -0.1) is 0 Å². The molecule has 0 radical (unpaired) electrons. The van der Waals surface area contributed by atoms with Gasteiger partial charge in [0.2, 0.25) is 0 Å². The third-order valence-corrected chi connectivity index (χ3v) is 8.07. The molecule has 2 saturated heterocycles. The lowest BCUT2D eigenvalue weighted by Gasteiger charge is -2.24. The average molecular weight is 560 g/mol. The van der Waals surface area contributed by atoms with Crippen LogP contribution in [0.2, 0.25) is 5.02 Å². The largest absolute Gasteiger partial charge is 0.456 e. The molecular formula is C30H30ClN5O4. The van der Waals surface area contributed by atoms with E-state index in [-0.39, 0.29) is 24.9 Å². The number of nitrogens with one attached hydrogen (secondary N) is 1. The first-order valence-corrected chi connectivity index (χ1v) is 14.0. The molecule has 7 rings (SSSR count). The van der Waals surface area contributed by atoms with E-state index in [9.17, 15) is 5.11 Å². The minimum absolute atomic E-state index is 0.243. The Kier molecular flexibility index (Phi) is 6.47. The van der Waals surface area contributed by atoms with Gasteiger partial charge in [0, 0.05) is 23.7 Å². The first-order chi connectivity index (χ1) is 19.4. The molecule has 9 nitrogen and oxygen atoms in total. The van der Waals surface area contributed by atoms with Crippen LogP contribution in [0.4, 0.5) is 0 Å². The molecule has 3 aliphatic heterocycles. The molecule has 3 aliphatic rings. The van der Waals surface area contributed by atoms with Crippen LogP contribution in [0.5, 0.6) is 6.01 Å². The lowest BCUT2D eigenvalue weighted by molar-refractivity contribution is 0.00706. The summed E-state index contributed by atoms with van der Waals surface area (Å²) < 4.78 is 17.3. The molecule has 5 heterocycles. The summed E-state index contributed by atoms with van der Waals surface area (Å²) in [4.78, 5) is 19.4. The first kappa shape index (κ1) is 25.5. The molecule has 10 heteroatoms. The zero-order valence-corrected chi connectivity index (χ0v) is 23.0. The van der Waals surface area contributed by atoms with E-state index in [1.807, 2.05) is 18.2 Å². The maximum atomic E-state index is 9.97. The van der Waals surface area contributed by atoms with Crippen molar-refractivity contribution in [1.29, 1.82) is 0 Å². The zero-order chi connectivity index (χ0) is 27.4. The lowest BCUT2D eigenvalue weighted by atomic mass is 10.0. The Morgan fingerprint density at radius 3 is 2.35 bits per heavy atom. The lowest BCUT2D eigenvalue weighted by Crippen LogP contribution is -2.34. The van der Waals surface area contributed by atoms with Crippen LogP contribution in [0.1, 0.15) is 19.4 Å². The number of aliphatic hydroxyl groups excluding tert-OH is 1. The SMILES string of the molecule is CC(C)N1CCN=C1c1ccc(-c2ccc(-c3nc4nc(O[C@@H]5COC6[C@H](O)CO[C@@H]65)[nH]c4cc3Cl)cc2)cc1. The number of pyridine rings is 1. The van der Waals surface area contributed by atoms with Gasteiger partial charge >= 0.3 is 0 Å². The number of hydrogen-bond donors (Lipinski definition) is 2. The van der Waals surface area contributed by atoms with Crippen molar-refractivity contribution in [3.63, 3.8) is 0 Å². The van der Waals surface area contributed by atoms with Crippen molar-refractivity contribution in [3.05, 3.63) is 65.2 Å². The van der Waals surface area contributed by atoms with Crippen LogP contribution in [0, 0.1) is 0 Å². The van der Waals surface area contributed by atoms with Crippen LogP contribution in [0.15, 0.2) is 59.6 Å². The summed E-state index contributed by atoms with van der Waals surface area (Å²) in [6.45, 7) is 6.79. The summed E-state index contributed by atoms with van der Waals surface area (Å²) in [7, 11) is 0. The monoisotopic (exact) mass is 559 g/mol. The number of aliphatic hydroxyl groups is 1. The van der Waals surface area contributed by atoms with Gasteiger partial charge in [0.05, 0.1) is 36.0 Å². The summed E-state index contributed by atoms with van der Waals surface area (Å²) in [5, 5.41) is 10.5. The van der Waals surface area contributed by atoms with E-state index in [0.29, 0.717) is 40.5 Å². The highest BCUT2D eigenvalue weighted by Crippen LogP contribution is 2.33. The van der Waals surface area contributed by atoms with E-state index in [1.165, 1.54) is 0 Å². The zero-order valence-electron chi connectivity index (χ0n) is 22.3. The summed E-state index contributed by atoms with van der Waals surface area (Å²) in [5.74, 6) is 1.08. The molecule has 2 aromatic carbocycles. The number of aromatic nitrogens is 3. The molecule has 40 heavy (non-hydrogen) atoms. The van der Waals surface area contributed by atoms with Gasteiger partial charge in [0.1, 0.15) is 24.1 Å². The summed E-state index contributed by atoms with van der Waals surface area (Å²) in [6.07, 6.45) is -1.69. The highest BCUT2D eigenvalue weighted by Gasteiger charge is 2.48. The number of benzene rings is 2. The Labute approximate surface area is 236 Å². The second-order valence-corrected chi connectivity index (χ2v) is 11.1. The number of aliphatic imine (C=N–C) groups is 1. The van der Waals surface area contributed by atoms with E-state index >= 15 is 0 Å². The minimum Gasteiger partial charge on any atom is -0.456 e. The fourth-order valence-electron chi connectivity index (χ4n) is 5.69. The maximum Gasteiger partial charge on any atom is 0.296 e. The topological polar surface area (TPSA) is 105 Å². The second-order valence-electron chi connectivity index (χ2n) is 10.7. The molecule has 206 valence electrons. The van der Waals surface area contributed by atoms with Crippen molar-refractivity contribution in [1.82, 2.24) is 19.9 Å². The molecule has 0 spiro atoms. The van der Waals surface area contributed by atoms with Crippen LogP contribution >= 0.6 is 11.6 Å². The highest BCUT2D eigenvalue weighted by atomic mass is 35.5. The van der Waals surface area contributed by atoms with Gasteiger partial charge in [-0.1, -0.05) is 60.1 Å². The highest BCUT2D eigenvalue weighted by molar-refractivity contribution is 6.33. The van der Waals surface area contributed by atoms with Crippen LogP contribution in [-0.4, -0.2) is 87.6 Å². The third-order valence-electron chi connectivity index (χ3n) is 7.78. The molecular weight excluding hydrogens is 530 g/mol. The standard InChI is InChI=1S/C30H30ClN5O4/c1-16(2)36-12-11-32-29(36)20-9-5-18(6-10-20)17-3-7-19(8-4-17)25-21(31)13-22-28(34-25)35-30(33-22)40-24-15-39-26-23(37)14-38-27(24)26/h3-10,13,16,23-24,26-27,37H,11-12,14-15H2,1-2H3,(H,33,34,35)/t23-,24-,26?,27-/m1/s1. The Hall–Kier alpha value is -3.50. The summed E-state index contributed by atoms with van der Waals surface area (Å²) in [6, 6.07) is 19.3. The second kappa shape index (κ2) is 10.2. The molecule has 2 aromatic heterocycles. The van der Waals surface area contributed by atoms with Gasteiger partial charge < -0.3 is 29.2 Å². The molecule has 0 amide bonds. The molecule has 4 atom stereocenters. The number of amidine groups is 1. The number of hydrogen-bond acceptors (Lipinski definition) is 8. The fourth-order valence-corrected chi connectivity index (χ4v) is 5.96. The number of nitrogens with zero attached hydrogens (tertiary/aromatic N) is 4. The number of aromatic amines is 1. The number of rotatable bonds is 6. The van der Waals surface area contributed by atoms with Crippen LogP contribution < -0.4 is 4.74 Å². The van der Waals surface area contributed by atoms with E-state index < -0.39 is 6.10 Å². The smallest absolute Gasteiger partial charge is 0.296 e. The summed E-state index contributed by atoms with van der Waals surface area (Å²) in [5.41, 5.74) is 6.10. The molecule has 4 aromatic rings. The predicted molar refractivity (Wildman–Crippen MR) is 153 cm³/mol. The van der Waals surface area contributed by atoms with Crippen LogP contribution in [-0.2, 0) is 9.47 Å². The number of ether oxygens (including phenoxy) is 3. The van der Waals surface area contributed by atoms with Gasteiger partial charge in [-0.3, -0.25) is 4.99 Å². The van der Waals surface area contributed by atoms with Gasteiger partial charge in [-0.05, 0) is 31.0 Å². The van der Waals surface area contributed by atoms with E-state index in [0.717, 1.165) is 41.2 Å². The Balaban J connectivity index is 1.09. The maximum absolute atomic E-state index is 9.97. The number of fused-ring (bicyclic) bond motifs is 2. The minimum atomic E-state index is -0.634. The molecule has 2 N–H and O–H groups in total.